The number of para-hydroxylation sites is 1. The summed E-state index contributed by atoms with van der Waals surface area (Å²) >= 11 is 13.7. The van der Waals surface area contributed by atoms with Crippen molar-refractivity contribution in [3.05, 3.63) is 67.9 Å². The molecule has 0 aromatic heterocycles. The highest BCUT2D eigenvalue weighted by Crippen LogP contribution is 2.35. The second-order valence-electron chi connectivity index (χ2n) is 5.89. The number of hydrogen-bond donors (Lipinski definition) is 3. The van der Waals surface area contributed by atoms with Crippen LogP contribution in [0.4, 0.5) is 5.69 Å². The Labute approximate surface area is 181 Å². The number of methoxy groups -OCH3 is 1. The van der Waals surface area contributed by atoms with Gasteiger partial charge in [-0.2, -0.15) is 0 Å². The lowest BCUT2D eigenvalue weighted by Crippen LogP contribution is -2.45. The predicted molar refractivity (Wildman–Crippen MR) is 120 cm³/mol. The molecule has 2 aromatic carbocycles. The van der Waals surface area contributed by atoms with E-state index in [9.17, 15) is 4.79 Å². The van der Waals surface area contributed by atoms with E-state index < -0.39 is 6.04 Å². The second-order valence-corrected chi connectivity index (χ2v) is 7.95. The molecule has 3 N–H and O–H groups in total. The van der Waals surface area contributed by atoms with Crippen molar-refractivity contribution in [2.75, 3.05) is 12.4 Å². The minimum atomic E-state index is -0.453. The summed E-state index contributed by atoms with van der Waals surface area (Å²) < 4.78 is 6.53. The number of halogens is 2. The van der Waals surface area contributed by atoms with Crippen LogP contribution in [0.2, 0.25) is 5.02 Å². The lowest BCUT2D eigenvalue weighted by atomic mass is 9.94. The molecule has 3 rings (SSSR count). The van der Waals surface area contributed by atoms with E-state index in [1.165, 1.54) is 0 Å². The summed E-state index contributed by atoms with van der Waals surface area (Å²) in [5, 5.41) is 10.0. The maximum atomic E-state index is 13.1. The fourth-order valence-corrected chi connectivity index (χ4v) is 3.88. The molecule has 0 radical (unpaired) electrons. The molecule has 1 heterocycles. The van der Waals surface area contributed by atoms with Crippen LogP contribution in [0, 0.1) is 3.57 Å². The van der Waals surface area contributed by atoms with Crippen LogP contribution in [0.15, 0.2) is 53.7 Å². The van der Waals surface area contributed by atoms with Gasteiger partial charge in [0.15, 0.2) is 5.11 Å². The Hall–Kier alpha value is -1.84. The number of carbonyl (C=O) groups is 1. The first-order valence-electron chi connectivity index (χ1n) is 8.08. The minimum Gasteiger partial charge on any atom is -0.496 e. The summed E-state index contributed by atoms with van der Waals surface area (Å²) in [7, 11) is 1.60. The van der Waals surface area contributed by atoms with Gasteiger partial charge < -0.3 is 20.7 Å². The maximum absolute atomic E-state index is 13.1. The lowest BCUT2D eigenvalue weighted by Gasteiger charge is -2.31. The molecule has 1 amide bonds. The topological polar surface area (TPSA) is 62.4 Å². The predicted octanol–water partition coefficient (Wildman–Crippen LogP) is 4.38. The number of benzene rings is 2. The Balaban J connectivity index is 2.04. The largest absolute Gasteiger partial charge is 0.496 e. The number of nitrogens with one attached hydrogen (secondary N) is 3. The van der Waals surface area contributed by atoms with Crippen molar-refractivity contribution in [1.82, 2.24) is 10.6 Å². The van der Waals surface area contributed by atoms with Gasteiger partial charge in [-0.25, -0.2) is 0 Å². The molecule has 1 aliphatic rings. The van der Waals surface area contributed by atoms with Crippen molar-refractivity contribution < 1.29 is 9.53 Å². The van der Waals surface area contributed by atoms with Gasteiger partial charge >= 0.3 is 0 Å². The number of hydrogen-bond acceptors (Lipinski definition) is 3. The van der Waals surface area contributed by atoms with Crippen LogP contribution in [0.3, 0.4) is 0 Å². The molecule has 0 saturated carbocycles. The normalized spacial score (nSPS) is 16.4. The number of carbonyl (C=O) groups excluding carboxylic acids is 1. The maximum Gasteiger partial charge on any atom is 0.255 e. The van der Waals surface area contributed by atoms with Crippen molar-refractivity contribution in [3.63, 3.8) is 0 Å². The monoisotopic (exact) mass is 513 g/mol. The number of amides is 1. The van der Waals surface area contributed by atoms with Gasteiger partial charge in [-0.05, 0) is 72.1 Å². The van der Waals surface area contributed by atoms with Gasteiger partial charge in [-0.1, -0.05) is 23.7 Å². The molecule has 27 heavy (non-hydrogen) atoms. The number of anilines is 1. The number of ether oxygens (including phenoxy) is 1. The summed E-state index contributed by atoms with van der Waals surface area (Å²) in [5.74, 6) is 0.405. The van der Waals surface area contributed by atoms with Crippen molar-refractivity contribution in [2.24, 2.45) is 0 Å². The highest BCUT2D eigenvalue weighted by molar-refractivity contribution is 14.1. The SMILES string of the molecule is COc1ccc(I)cc1[C@@H]1NC(=S)NC(C)=C1C(=O)Nc1ccccc1Cl. The Bertz CT molecular complexity index is 948. The van der Waals surface area contributed by atoms with Gasteiger partial charge in [0.2, 0.25) is 0 Å². The van der Waals surface area contributed by atoms with E-state index in [0.717, 1.165) is 9.13 Å². The van der Waals surface area contributed by atoms with Crippen molar-refractivity contribution in [1.29, 1.82) is 0 Å². The summed E-state index contributed by atoms with van der Waals surface area (Å²) in [4.78, 5) is 13.1. The molecule has 0 fully saturated rings. The average molecular weight is 514 g/mol. The Morgan fingerprint density at radius 2 is 2.04 bits per heavy atom. The van der Waals surface area contributed by atoms with E-state index in [-0.39, 0.29) is 5.91 Å². The van der Waals surface area contributed by atoms with Crippen molar-refractivity contribution in [2.45, 2.75) is 13.0 Å². The third-order valence-electron chi connectivity index (χ3n) is 4.14. The molecular weight excluding hydrogens is 497 g/mol. The molecule has 5 nitrogen and oxygen atoms in total. The zero-order valence-corrected chi connectivity index (χ0v) is 18.3. The zero-order valence-electron chi connectivity index (χ0n) is 14.6. The molecule has 140 valence electrons. The van der Waals surface area contributed by atoms with Crippen LogP contribution in [-0.2, 0) is 4.79 Å². The molecular formula is C19H17ClIN3O2S. The smallest absolute Gasteiger partial charge is 0.255 e. The van der Waals surface area contributed by atoms with Gasteiger partial charge in [-0.3, -0.25) is 4.79 Å². The fourth-order valence-electron chi connectivity index (χ4n) is 2.91. The van der Waals surface area contributed by atoms with E-state index in [4.69, 9.17) is 28.6 Å². The summed E-state index contributed by atoms with van der Waals surface area (Å²) in [6, 6.07) is 12.5. The molecule has 0 saturated heterocycles. The van der Waals surface area contributed by atoms with E-state index in [2.05, 4.69) is 38.5 Å². The number of allylic oxidation sites excluding steroid dienone is 1. The van der Waals surface area contributed by atoms with Crippen molar-refractivity contribution in [3.8, 4) is 5.75 Å². The number of thiocarbonyl (C=S) groups is 1. The van der Waals surface area contributed by atoms with Crippen LogP contribution < -0.4 is 20.7 Å². The van der Waals surface area contributed by atoms with Crippen molar-refractivity contribution >= 4 is 63.1 Å². The van der Waals surface area contributed by atoms with Crippen LogP contribution in [0.25, 0.3) is 0 Å². The quantitative estimate of drug-likeness (QED) is 0.418. The van der Waals surface area contributed by atoms with E-state index in [0.29, 0.717) is 32.8 Å². The first kappa shape index (κ1) is 19.9. The summed E-state index contributed by atoms with van der Waals surface area (Å²) in [5.41, 5.74) is 2.57. The third-order valence-corrected chi connectivity index (χ3v) is 5.36. The van der Waals surface area contributed by atoms with E-state index in [1.54, 1.807) is 19.2 Å². The standard InChI is InChI=1S/C19H17ClIN3O2S/c1-10-16(18(25)23-14-6-4-3-5-13(14)20)17(24-19(27)22-10)12-9-11(21)7-8-15(12)26-2/h3-9,17H,1-2H3,(H,23,25)(H2,22,24,27)/t17-/m0/s1. The molecule has 1 aliphatic heterocycles. The molecule has 0 aliphatic carbocycles. The van der Waals surface area contributed by atoms with Gasteiger partial charge in [0.25, 0.3) is 5.91 Å². The molecule has 0 spiro atoms. The molecule has 0 unspecified atom stereocenters. The average Bonchev–Trinajstić information content (AvgIpc) is 2.62. The second kappa shape index (κ2) is 8.45. The molecule has 0 bridgehead atoms. The van der Waals surface area contributed by atoms with Crippen LogP contribution in [-0.4, -0.2) is 18.1 Å². The molecule has 2 aromatic rings. The third kappa shape index (κ3) is 4.36. The highest BCUT2D eigenvalue weighted by atomic mass is 127. The molecule has 8 heteroatoms. The summed E-state index contributed by atoms with van der Waals surface area (Å²) in [6.45, 7) is 1.82. The van der Waals surface area contributed by atoms with Gasteiger partial charge in [0.1, 0.15) is 5.75 Å². The number of rotatable bonds is 4. The van der Waals surface area contributed by atoms with Gasteiger partial charge in [-0.15, -0.1) is 0 Å². The Kier molecular flexibility index (Phi) is 6.23. The molecule has 1 atom stereocenters. The van der Waals surface area contributed by atoms with Crippen LogP contribution in [0.5, 0.6) is 5.75 Å². The zero-order chi connectivity index (χ0) is 19.6. The van der Waals surface area contributed by atoms with E-state index in [1.807, 2.05) is 37.3 Å². The minimum absolute atomic E-state index is 0.269. The fraction of sp³-hybridized carbons (Fsp3) is 0.158. The first-order chi connectivity index (χ1) is 12.9. The Morgan fingerprint density at radius 1 is 1.30 bits per heavy atom. The van der Waals surface area contributed by atoms with Crippen LogP contribution >= 0.6 is 46.4 Å². The highest BCUT2D eigenvalue weighted by Gasteiger charge is 2.32. The Morgan fingerprint density at radius 3 is 2.74 bits per heavy atom. The lowest BCUT2D eigenvalue weighted by molar-refractivity contribution is -0.113. The van der Waals surface area contributed by atoms with Gasteiger partial charge in [0.05, 0.1) is 29.4 Å². The van der Waals surface area contributed by atoms with E-state index >= 15 is 0 Å². The van der Waals surface area contributed by atoms with Gasteiger partial charge in [0, 0.05) is 14.8 Å². The summed E-state index contributed by atoms with van der Waals surface area (Å²) in [6.07, 6.45) is 0. The first-order valence-corrected chi connectivity index (χ1v) is 9.94. The van der Waals surface area contributed by atoms with Crippen LogP contribution in [0.1, 0.15) is 18.5 Å².